The second-order valence-electron chi connectivity index (χ2n) is 9.15. The Morgan fingerprint density at radius 3 is 2.83 bits per heavy atom. The molecule has 0 saturated carbocycles. The number of nitrogens with zero attached hydrogens (tertiary/aromatic N) is 8. The Labute approximate surface area is 208 Å². The van der Waals surface area contributed by atoms with Crippen LogP contribution in [0.5, 0.6) is 0 Å². The Hall–Kier alpha value is -4.12. The van der Waals surface area contributed by atoms with Gasteiger partial charge in [0.2, 0.25) is 5.95 Å². The largest absolute Gasteiger partial charge is 0.378 e. The van der Waals surface area contributed by atoms with Gasteiger partial charge in [0.15, 0.2) is 0 Å². The summed E-state index contributed by atoms with van der Waals surface area (Å²) in [6.45, 7) is 7.51. The van der Waals surface area contributed by atoms with Crippen LogP contribution in [-0.4, -0.2) is 70.2 Å². The number of tetrazole rings is 1. The van der Waals surface area contributed by atoms with Crippen molar-refractivity contribution in [1.82, 2.24) is 25.2 Å². The Bertz CT molecular complexity index is 1400. The molecule has 0 aliphatic carbocycles. The second-order valence-corrected chi connectivity index (χ2v) is 9.15. The highest BCUT2D eigenvalue weighted by Crippen LogP contribution is 2.33. The van der Waals surface area contributed by atoms with E-state index in [1.807, 2.05) is 56.3 Å². The number of anilines is 3. The predicted molar refractivity (Wildman–Crippen MR) is 135 cm³/mol. The number of morpholine rings is 1. The zero-order chi connectivity index (χ0) is 24.8. The van der Waals surface area contributed by atoms with Crippen LogP contribution in [0.1, 0.15) is 36.6 Å². The summed E-state index contributed by atoms with van der Waals surface area (Å²) in [7, 11) is 1.86. The molecule has 2 aromatic heterocycles. The number of hydrogen-bond acceptors (Lipinski definition) is 9. The van der Waals surface area contributed by atoms with Crippen molar-refractivity contribution in [2.24, 2.45) is 4.99 Å². The summed E-state index contributed by atoms with van der Waals surface area (Å²) in [6.07, 6.45) is 1.83. The molecule has 0 spiro atoms. The quantitative estimate of drug-likeness (QED) is 0.598. The number of rotatable bonds is 4. The maximum absolute atomic E-state index is 13.4. The number of aromatic nitrogens is 5. The van der Waals surface area contributed by atoms with Crippen LogP contribution in [0.15, 0.2) is 52.8 Å². The molecule has 1 unspecified atom stereocenters. The van der Waals surface area contributed by atoms with Gasteiger partial charge in [-0.1, -0.05) is 11.2 Å². The molecule has 11 heteroatoms. The fourth-order valence-electron chi connectivity index (χ4n) is 5.01. The number of benzene rings is 1. The molecule has 11 nitrogen and oxygen atoms in total. The maximum Gasteiger partial charge on any atom is 0.255 e. The molecule has 1 atom stereocenters. The number of fused-ring (bicyclic) bond motifs is 2. The zero-order valence-corrected chi connectivity index (χ0v) is 20.5. The number of carbonyl (C=O) groups is 1. The number of amides is 1. The summed E-state index contributed by atoms with van der Waals surface area (Å²) in [5.74, 6) is 1.36. The van der Waals surface area contributed by atoms with Gasteiger partial charge in [-0.05, 0) is 54.1 Å². The fourth-order valence-corrected chi connectivity index (χ4v) is 5.01. The van der Waals surface area contributed by atoms with Gasteiger partial charge in [0, 0.05) is 48.8 Å². The van der Waals surface area contributed by atoms with E-state index in [1.165, 1.54) is 0 Å². The summed E-state index contributed by atoms with van der Waals surface area (Å²) in [5, 5.41) is 15.0. The van der Waals surface area contributed by atoms with Crippen LogP contribution in [-0.2, 0) is 16.1 Å². The van der Waals surface area contributed by atoms with Gasteiger partial charge in [0.1, 0.15) is 5.82 Å². The number of carbonyl (C=O) groups excluding carboxylic acids is 1. The lowest BCUT2D eigenvalue weighted by atomic mass is 9.99. The number of pyridine rings is 1. The lowest BCUT2D eigenvalue weighted by Gasteiger charge is -2.30. The third kappa shape index (κ3) is 3.72. The van der Waals surface area contributed by atoms with Crippen molar-refractivity contribution in [3.05, 3.63) is 64.5 Å². The molecule has 0 radical (unpaired) electrons. The van der Waals surface area contributed by atoms with E-state index in [4.69, 9.17) is 9.73 Å². The minimum Gasteiger partial charge on any atom is -0.378 e. The summed E-state index contributed by atoms with van der Waals surface area (Å²) < 4.78 is 7.13. The molecule has 1 fully saturated rings. The highest BCUT2D eigenvalue weighted by atomic mass is 16.5. The highest BCUT2D eigenvalue weighted by molar-refractivity contribution is 6.16. The van der Waals surface area contributed by atoms with Crippen LogP contribution in [0.2, 0.25) is 0 Å². The smallest absolute Gasteiger partial charge is 0.255 e. The Morgan fingerprint density at radius 1 is 1.17 bits per heavy atom. The van der Waals surface area contributed by atoms with E-state index in [0.29, 0.717) is 37.0 Å². The molecule has 3 aliphatic heterocycles. The molecule has 6 rings (SSSR count). The number of nitrogens with one attached hydrogen (secondary N) is 1. The van der Waals surface area contributed by atoms with E-state index in [2.05, 4.69) is 36.8 Å². The van der Waals surface area contributed by atoms with Crippen molar-refractivity contribution in [2.75, 3.05) is 48.5 Å². The van der Waals surface area contributed by atoms with E-state index in [1.54, 1.807) is 4.68 Å². The lowest BCUT2D eigenvalue weighted by Crippen LogP contribution is -2.36. The van der Waals surface area contributed by atoms with Crippen LogP contribution in [0.25, 0.3) is 0 Å². The molecule has 36 heavy (non-hydrogen) atoms. The first kappa shape index (κ1) is 22.4. The molecular formula is C25H27N9O2. The minimum atomic E-state index is -0.284. The van der Waals surface area contributed by atoms with Gasteiger partial charge < -0.3 is 19.9 Å². The van der Waals surface area contributed by atoms with Gasteiger partial charge in [-0.15, -0.1) is 0 Å². The molecular weight excluding hydrogens is 458 g/mol. The predicted octanol–water partition coefficient (Wildman–Crippen LogP) is 2.18. The standard InChI is InChI=1S/C25H27N9O2/c1-15-22(16(2)34-25(32(15)3)29-30-31-34)24(35)28-19-5-4-18-14-27-23(20(18)13-19)17-6-7-26-21(12-17)33-8-10-36-11-9-33/h4-7,12-13,16H,8-11,14H2,1-3H3,(H,28,35). The molecule has 0 bridgehead atoms. The summed E-state index contributed by atoms with van der Waals surface area (Å²) in [4.78, 5) is 26.8. The monoisotopic (exact) mass is 485 g/mol. The minimum absolute atomic E-state index is 0.178. The van der Waals surface area contributed by atoms with Crippen LogP contribution in [0.4, 0.5) is 17.5 Å². The van der Waals surface area contributed by atoms with Crippen molar-refractivity contribution in [3.8, 4) is 0 Å². The van der Waals surface area contributed by atoms with E-state index >= 15 is 0 Å². The third-order valence-corrected chi connectivity index (χ3v) is 7.08. The first-order chi connectivity index (χ1) is 17.5. The van der Waals surface area contributed by atoms with Gasteiger partial charge in [-0.2, -0.15) is 0 Å². The first-order valence-electron chi connectivity index (χ1n) is 12.0. The van der Waals surface area contributed by atoms with E-state index in [-0.39, 0.29) is 11.9 Å². The summed E-state index contributed by atoms with van der Waals surface area (Å²) in [6, 6.07) is 9.75. The van der Waals surface area contributed by atoms with Crippen molar-refractivity contribution >= 4 is 29.1 Å². The SMILES string of the molecule is CC1=C(C(=O)Nc2ccc3c(c2)C(c2ccnc(N4CCOCC4)c2)=NC3)C(C)n2nnnc2N1C. The third-order valence-electron chi connectivity index (χ3n) is 7.08. The lowest BCUT2D eigenvalue weighted by molar-refractivity contribution is -0.113. The van der Waals surface area contributed by atoms with Crippen molar-refractivity contribution in [3.63, 3.8) is 0 Å². The second kappa shape index (κ2) is 8.83. The van der Waals surface area contributed by atoms with Gasteiger partial charge in [0.05, 0.1) is 37.1 Å². The molecule has 1 aromatic carbocycles. The molecule has 184 valence electrons. The van der Waals surface area contributed by atoms with Crippen LogP contribution >= 0.6 is 0 Å². The van der Waals surface area contributed by atoms with Gasteiger partial charge in [-0.3, -0.25) is 9.79 Å². The number of allylic oxidation sites excluding steroid dienone is 1. The van der Waals surface area contributed by atoms with Crippen LogP contribution in [0.3, 0.4) is 0 Å². The topological polar surface area (TPSA) is 114 Å². The molecule has 1 N–H and O–H groups in total. The molecule has 5 heterocycles. The van der Waals surface area contributed by atoms with E-state index in [0.717, 1.165) is 47.0 Å². The van der Waals surface area contributed by atoms with Gasteiger partial charge >= 0.3 is 0 Å². The fraction of sp³-hybridized carbons (Fsp3) is 0.360. The molecule has 1 amide bonds. The number of hydrogen-bond donors (Lipinski definition) is 1. The summed E-state index contributed by atoms with van der Waals surface area (Å²) >= 11 is 0. The molecule has 3 aromatic rings. The van der Waals surface area contributed by atoms with E-state index < -0.39 is 0 Å². The zero-order valence-electron chi connectivity index (χ0n) is 20.5. The highest BCUT2D eigenvalue weighted by Gasteiger charge is 2.32. The van der Waals surface area contributed by atoms with E-state index in [9.17, 15) is 4.79 Å². The Kier molecular flexibility index (Phi) is 5.48. The van der Waals surface area contributed by atoms with Crippen molar-refractivity contribution < 1.29 is 9.53 Å². The Balaban J connectivity index is 1.26. The maximum atomic E-state index is 13.4. The molecule has 3 aliphatic rings. The number of ether oxygens (including phenoxy) is 1. The number of aliphatic imine (C=N–C) groups is 1. The van der Waals surface area contributed by atoms with Crippen molar-refractivity contribution in [1.29, 1.82) is 0 Å². The van der Waals surface area contributed by atoms with Crippen LogP contribution in [0, 0.1) is 0 Å². The van der Waals surface area contributed by atoms with Gasteiger partial charge in [0.25, 0.3) is 5.91 Å². The molecule has 1 saturated heterocycles. The average molecular weight is 486 g/mol. The summed E-state index contributed by atoms with van der Waals surface area (Å²) in [5.41, 5.74) is 6.24. The van der Waals surface area contributed by atoms with Crippen LogP contribution < -0.4 is 15.1 Å². The normalized spacial score (nSPS) is 19.2. The average Bonchev–Trinajstić information content (AvgIpc) is 3.56. The Morgan fingerprint density at radius 2 is 2.00 bits per heavy atom. The van der Waals surface area contributed by atoms with Crippen molar-refractivity contribution in [2.45, 2.75) is 26.4 Å². The van der Waals surface area contributed by atoms with Gasteiger partial charge in [-0.25, -0.2) is 9.67 Å². The first-order valence-corrected chi connectivity index (χ1v) is 12.0.